The van der Waals surface area contributed by atoms with Crippen LogP contribution in [-0.2, 0) is 59.1 Å². The van der Waals surface area contributed by atoms with E-state index < -0.39 is 113 Å². The molecule has 0 spiro atoms. The lowest BCUT2D eigenvalue weighted by Gasteiger charge is -2.37. The minimum Gasteiger partial charge on any atom is -0.497 e. The van der Waals surface area contributed by atoms with Crippen molar-refractivity contribution in [3.63, 3.8) is 0 Å². The summed E-state index contributed by atoms with van der Waals surface area (Å²) in [5, 5.41) is 31.0. The number of carbonyl (C=O) groups excluding carboxylic acids is 2. The molecular formula is C58H57F2N14O14P2S+. The van der Waals surface area contributed by atoms with Gasteiger partial charge in [-0.2, -0.15) is 19.6 Å². The van der Waals surface area contributed by atoms with Gasteiger partial charge in [-0.3, -0.25) is 34.2 Å². The monoisotopic (exact) mass is 1310 g/mol. The van der Waals surface area contributed by atoms with Crippen molar-refractivity contribution in [3.8, 4) is 17.6 Å². The third kappa shape index (κ3) is 14.7. The SMILES string of the molecule is COc1ccc(C(OC[C@H]2O[C@@H](n3nnc4c(NC(=O)c5ccccc5)ncnc43)[C@@H](F)[C@@H]2OP(=S)(OCCC#N)OC[C@H]2O[C@@H](n3nnc4c(=O)[nH]c(NC(=O)C(C)C)nc43)[C@@H](O[P+](=O)O)[C@@H]2F)(c2ccccc2)c2ccc(OC)cc2)cc1.c1ccncc1. The minimum atomic E-state index is -4.48. The molecule has 91 heavy (non-hydrogen) atoms. The second-order valence-corrected chi connectivity index (χ2v) is 23.9. The minimum absolute atomic E-state index is 0.0429. The number of nitriles is 1. The van der Waals surface area contributed by atoms with Gasteiger partial charge in [0.25, 0.3) is 11.5 Å². The van der Waals surface area contributed by atoms with Crippen molar-refractivity contribution in [1.82, 2.24) is 54.9 Å². The molecular weight excluding hydrogens is 1250 g/mol. The van der Waals surface area contributed by atoms with E-state index in [0.29, 0.717) is 33.8 Å². The molecule has 2 aliphatic heterocycles. The van der Waals surface area contributed by atoms with Crippen LogP contribution in [-0.4, -0.2) is 142 Å². The fourth-order valence-electron chi connectivity index (χ4n) is 9.73. The summed E-state index contributed by atoms with van der Waals surface area (Å²) in [5.74, 6) is -0.894. The van der Waals surface area contributed by atoms with Crippen LogP contribution in [0.5, 0.6) is 11.5 Å². The van der Waals surface area contributed by atoms with Gasteiger partial charge in [-0.25, -0.2) is 18.7 Å². The van der Waals surface area contributed by atoms with Gasteiger partial charge in [0.2, 0.25) is 11.9 Å². The Bertz CT molecular complexity index is 4050. The van der Waals surface area contributed by atoms with Gasteiger partial charge in [-0.1, -0.05) is 103 Å². The number of rotatable bonds is 24. The van der Waals surface area contributed by atoms with E-state index in [0.717, 1.165) is 15.7 Å². The van der Waals surface area contributed by atoms with E-state index >= 15 is 8.78 Å². The molecule has 2 fully saturated rings. The van der Waals surface area contributed by atoms with Crippen LogP contribution in [0.1, 0.15) is 59.8 Å². The van der Waals surface area contributed by atoms with Crippen molar-refractivity contribution >= 4 is 72.7 Å². The van der Waals surface area contributed by atoms with Gasteiger partial charge in [-0.05, 0) is 77.0 Å². The fourth-order valence-corrected chi connectivity index (χ4v) is 12.3. The molecule has 4 aromatic carbocycles. The number of nitrogens with zero attached hydrogens (tertiary/aromatic N) is 11. The first-order chi connectivity index (χ1) is 44.0. The zero-order chi connectivity index (χ0) is 64.2. The topological polar surface area (TPSA) is 348 Å². The molecule has 2 amide bonds. The van der Waals surface area contributed by atoms with Crippen LogP contribution >= 0.6 is 15.0 Å². The normalized spacial score (nSPS) is 20.5. The lowest BCUT2D eigenvalue weighted by Crippen LogP contribution is -2.40. The van der Waals surface area contributed by atoms with Gasteiger partial charge in [0.15, 0.2) is 59.0 Å². The Balaban J connectivity index is 0.00000143. The maximum absolute atomic E-state index is 18.1. The summed E-state index contributed by atoms with van der Waals surface area (Å²) in [4.78, 5) is 67.8. The number of hydrogen-bond acceptors (Lipinski definition) is 23. The van der Waals surface area contributed by atoms with E-state index in [-0.39, 0.29) is 40.5 Å². The number of hydrogen-bond donors (Lipinski definition) is 4. The van der Waals surface area contributed by atoms with E-state index in [1.807, 2.05) is 54.6 Å². The highest BCUT2D eigenvalue weighted by atomic mass is 32.5. The van der Waals surface area contributed by atoms with E-state index in [1.54, 1.807) is 105 Å². The molecule has 0 radical (unpaired) electrons. The molecule has 0 saturated carbocycles. The number of ether oxygens (including phenoxy) is 5. The largest absolute Gasteiger partial charge is 0.695 e. The average molecular weight is 1310 g/mol. The Labute approximate surface area is 522 Å². The molecule has 2 saturated heterocycles. The zero-order valence-corrected chi connectivity index (χ0v) is 51.2. The number of nitrogens with one attached hydrogen (secondary N) is 3. The Hall–Kier alpha value is -8.89. The van der Waals surface area contributed by atoms with Crippen LogP contribution in [0.3, 0.4) is 0 Å². The van der Waals surface area contributed by atoms with Gasteiger partial charge in [0.1, 0.15) is 41.7 Å². The maximum atomic E-state index is 18.1. The molecule has 28 nitrogen and oxygen atoms in total. The number of amides is 2. The lowest BCUT2D eigenvalue weighted by atomic mass is 9.80. The highest BCUT2D eigenvalue weighted by molar-refractivity contribution is 8.07. The fraction of sp³-hybridized carbons (Fsp3) is 0.310. The Kier molecular flexibility index (Phi) is 21.0. The number of aromatic nitrogens is 11. The van der Waals surface area contributed by atoms with Crippen molar-refractivity contribution in [2.45, 2.75) is 75.1 Å². The third-order valence-corrected chi connectivity index (χ3v) is 16.9. The third-order valence-electron chi connectivity index (χ3n) is 14.2. The van der Waals surface area contributed by atoms with E-state index in [4.69, 9.17) is 53.6 Å². The first-order valence-electron chi connectivity index (χ1n) is 27.8. The molecule has 7 heterocycles. The Morgan fingerprint density at radius 2 is 1.38 bits per heavy atom. The molecule has 4 N–H and O–H groups in total. The molecule has 2 unspecified atom stereocenters. The lowest BCUT2D eigenvalue weighted by molar-refractivity contribution is -0.118. The van der Waals surface area contributed by atoms with Crippen molar-refractivity contribution in [1.29, 1.82) is 5.26 Å². The number of benzene rings is 4. The first-order valence-corrected chi connectivity index (χ1v) is 31.5. The quantitative estimate of drug-likeness (QED) is 0.0255. The highest BCUT2D eigenvalue weighted by Crippen LogP contribution is 2.55. The Morgan fingerprint density at radius 3 is 1.98 bits per heavy atom. The highest BCUT2D eigenvalue weighted by Gasteiger charge is 2.55. The number of fused-ring (bicyclic) bond motifs is 2. The van der Waals surface area contributed by atoms with Gasteiger partial charge in [0.05, 0.1) is 46.5 Å². The van der Waals surface area contributed by atoms with E-state index in [2.05, 4.69) is 56.2 Å². The number of anilines is 2. The van der Waals surface area contributed by atoms with E-state index in [9.17, 15) is 29.1 Å². The smallest absolute Gasteiger partial charge is 0.497 e. The predicted octanol–water partition coefficient (Wildman–Crippen LogP) is 7.77. The van der Waals surface area contributed by atoms with Crippen LogP contribution in [0.25, 0.3) is 22.3 Å². The molecule has 9 aromatic rings. The van der Waals surface area contributed by atoms with Crippen molar-refractivity contribution in [2.24, 2.45) is 5.92 Å². The number of aromatic amines is 1. The van der Waals surface area contributed by atoms with Crippen molar-refractivity contribution < 1.29 is 69.6 Å². The number of carbonyl (C=O) groups is 2. The maximum Gasteiger partial charge on any atom is 0.695 e. The van der Waals surface area contributed by atoms with Crippen molar-refractivity contribution in [3.05, 3.63) is 179 Å². The van der Waals surface area contributed by atoms with Gasteiger partial charge in [0, 0.05) is 28.4 Å². The van der Waals surface area contributed by atoms with Gasteiger partial charge < -0.3 is 38.0 Å². The summed E-state index contributed by atoms with van der Waals surface area (Å²) >= 11 is 5.98. The molecule has 2 aliphatic rings. The molecule has 10 atom stereocenters. The summed E-state index contributed by atoms with van der Waals surface area (Å²) in [7, 11) is -0.482. The summed E-state index contributed by atoms with van der Waals surface area (Å²) < 4.78 is 104. The average Bonchev–Trinajstić information content (AvgIpc) is 1.79. The summed E-state index contributed by atoms with van der Waals surface area (Å²) in [6.07, 6.45) is -10.9. The molecule has 33 heteroatoms. The summed E-state index contributed by atoms with van der Waals surface area (Å²) in [6.45, 7) is -3.12. The van der Waals surface area contributed by atoms with Crippen LogP contribution in [0, 0.1) is 17.2 Å². The Morgan fingerprint density at radius 1 is 0.780 bits per heavy atom. The molecule has 0 aliphatic carbocycles. The first kappa shape index (κ1) is 65.1. The number of methoxy groups -OCH3 is 2. The standard InChI is InChI=1S/C53H51F2N13O14P2S.C5H5N/c1-29(2)47(69)61-52-60-46-41(49(71)62-52)64-66-68(46)51-43(81-83(72)73)38(54)36(79-51)27-78-84(85,77-25-11-24-56)82-42-37(80-50(39(42)55)67-45-40(63-65-67)44(57-28-58-45)59-48(70)30-12-7-5-8-13-30)26-76-53(31-14-9-6-10-15-31,32-16-20-34(74-3)21-17-32)33-18-22-35(75-4)23-19-33;1-2-4-6-5-3-1/h5-10,12-23,28-29,36-39,42-43,50-51H,11,25-27H2,1-4H3,(H3-,57,58,59,60,61,62,65,66,69,70,71,72,73);1-5H/p+1/t36-,37-,38-,39+,42-,43+,50-,51-,84?;/m1./s1. The number of pyridine rings is 1. The number of H-pyrrole nitrogens is 1. The van der Waals surface area contributed by atoms with E-state index in [1.165, 1.54) is 14.2 Å². The van der Waals surface area contributed by atoms with Gasteiger partial charge >= 0.3 is 15.0 Å². The predicted molar refractivity (Wildman–Crippen MR) is 323 cm³/mol. The van der Waals surface area contributed by atoms with Crippen LogP contribution in [0.15, 0.2) is 151 Å². The summed E-state index contributed by atoms with van der Waals surface area (Å²) in [6, 6.07) is 39.3. The zero-order valence-electron chi connectivity index (χ0n) is 48.6. The van der Waals surface area contributed by atoms with Crippen LogP contribution < -0.4 is 25.7 Å². The molecule has 472 valence electrons. The second kappa shape index (κ2) is 29.4. The molecule has 11 rings (SSSR count). The summed E-state index contributed by atoms with van der Waals surface area (Å²) in [5.41, 5.74) is -1.11. The second-order valence-electron chi connectivity index (χ2n) is 20.2. The molecule has 0 bridgehead atoms. The van der Waals surface area contributed by atoms with Crippen molar-refractivity contribution in [2.75, 3.05) is 44.7 Å². The van der Waals surface area contributed by atoms with Crippen LogP contribution in [0.2, 0.25) is 0 Å². The number of alkyl halides is 2. The van der Waals surface area contributed by atoms with Crippen LogP contribution in [0.4, 0.5) is 20.5 Å². The van der Waals surface area contributed by atoms with Gasteiger partial charge in [-0.15, -0.1) is 19.6 Å². The molecule has 5 aromatic heterocycles. The number of halogens is 2.